The number of fused-ring (bicyclic) bond motifs is 2. The van der Waals surface area contributed by atoms with Gasteiger partial charge in [0.25, 0.3) is 0 Å². The van der Waals surface area contributed by atoms with Gasteiger partial charge < -0.3 is 4.74 Å². The molecular formula is C30H34OSi3. The van der Waals surface area contributed by atoms with Gasteiger partial charge in [-0.25, -0.2) is 0 Å². The van der Waals surface area contributed by atoms with Crippen molar-refractivity contribution < 1.29 is 4.74 Å². The lowest BCUT2D eigenvalue weighted by molar-refractivity contribution is 0.493. The second-order valence-electron chi connectivity index (χ2n) is 11.1. The molecule has 0 bridgehead atoms. The molecule has 34 heavy (non-hydrogen) atoms. The molecule has 0 spiro atoms. The Hall–Kier alpha value is -2.67. The molecule has 1 aliphatic heterocycles. The van der Waals surface area contributed by atoms with E-state index in [-0.39, 0.29) is 0 Å². The van der Waals surface area contributed by atoms with E-state index in [1.165, 1.54) is 31.1 Å². The summed E-state index contributed by atoms with van der Waals surface area (Å²) in [5, 5.41) is 8.59. The van der Waals surface area contributed by atoms with Crippen LogP contribution in [0.25, 0.3) is 0 Å². The third-order valence-electron chi connectivity index (χ3n) is 7.92. The first-order chi connectivity index (χ1) is 16.1. The fourth-order valence-electron chi connectivity index (χ4n) is 5.53. The van der Waals surface area contributed by atoms with Gasteiger partial charge in [-0.05, 0) is 20.7 Å². The van der Waals surface area contributed by atoms with Crippen LogP contribution < -0.4 is 35.9 Å². The summed E-state index contributed by atoms with van der Waals surface area (Å²) >= 11 is 0. The highest BCUT2D eigenvalue weighted by molar-refractivity contribution is 7.06. The Bertz CT molecular complexity index is 1240. The van der Waals surface area contributed by atoms with Crippen LogP contribution in [0, 0.1) is 0 Å². The maximum absolute atomic E-state index is 7.10. The number of para-hydroxylation sites is 2. The lowest BCUT2D eigenvalue weighted by atomic mass is 10.3. The van der Waals surface area contributed by atoms with Gasteiger partial charge in [0.1, 0.15) is 35.7 Å². The van der Waals surface area contributed by atoms with Crippen LogP contribution in [0.4, 0.5) is 0 Å². The van der Waals surface area contributed by atoms with Crippen molar-refractivity contribution in [3.8, 4) is 11.5 Å². The Kier molecular flexibility index (Phi) is 5.58. The van der Waals surface area contributed by atoms with Gasteiger partial charge in [-0.1, -0.05) is 147 Å². The average Bonchev–Trinajstić information content (AvgIpc) is 2.84. The quantitative estimate of drug-likeness (QED) is 0.385. The van der Waals surface area contributed by atoms with Crippen molar-refractivity contribution in [3.05, 3.63) is 97.1 Å². The van der Waals surface area contributed by atoms with E-state index in [0.717, 1.165) is 11.5 Å². The van der Waals surface area contributed by atoms with E-state index in [0.29, 0.717) is 0 Å². The first-order valence-corrected chi connectivity index (χ1v) is 21.2. The molecule has 0 atom stereocenters. The lowest BCUT2D eigenvalue weighted by Gasteiger charge is -2.39. The molecular weight excluding hydrogens is 461 g/mol. The molecule has 172 valence electrons. The molecule has 0 radical (unpaired) electrons. The minimum absolute atomic E-state index is 1.15. The molecule has 4 aromatic carbocycles. The monoisotopic (exact) mass is 494 g/mol. The van der Waals surface area contributed by atoms with Crippen molar-refractivity contribution in [1.29, 1.82) is 0 Å². The van der Waals surface area contributed by atoms with E-state index < -0.39 is 24.2 Å². The van der Waals surface area contributed by atoms with Crippen molar-refractivity contribution >= 4 is 55.3 Å². The first kappa shape index (κ1) is 23.1. The fourth-order valence-corrected chi connectivity index (χ4v) is 13.8. The van der Waals surface area contributed by atoms with Gasteiger partial charge in [-0.15, -0.1) is 0 Å². The largest absolute Gasteiger partial charge is 0.458 e. The zero-order valence-corrected chi connectivity index (χ0v) is 24.1. The smallest absolute Gasteiger partial charge is 0.126 e. The van der Waals surface area contributed by atoms with E-state index in [1.807, 2.05) is 0 Å². The van der Waals surface area contributed by atoms with Gasteiger partial charge in [-0.2, -0.15) is 0 Å². The third-order valence-corrected chi connectivity index (χ3v) is 18.4. The van der Waals surface area contributed by atoms with Crippen molar-refractivity contribution in [2.75, 3.05) is 0 Å². The van der Waals surface area contributed by atoms with Crippen LogP contribution in [-0.2, 0) is 0 Å². The number of hydrogen-bond donors (Lipinski definition) is 0. The molecule has 0 aromatic heterocycles. The maximum atomic E-state index is 7.10. The zero-order chi connectivity index (χ0) is 24.1. The topological polar surface area (TPSA) is 9.23 Å². The van der Waals surface area contributed by atoms with E-state index in [2.05, 4.69) is 136 Å². The molecule has 1 heterocycles. The van der Waals surface area contributed by atoms with E-state index >= 15 is 0 Å². The SMILES string of the molecule is C[Si](C)(c1ccccc1)c1cccc2c1Oc1c([Si](C)(C)c3ccccc3)cccc1[Si]2(C)C. The van der Waals surface area contributed by atoms with Crippen molar-refractivity contribution in [2.24, 2.45) is 0 Å². The standard InChI is InChI=1S/C30H34OSi3/c1-32(2,23-15-9-7-10-16-23)25-19-13-21-27-29(25)31-30-26(20-14-22-28(30)34(27,5)6)33(3,4)24-17-11-8-12-18-24/h7-22H,1-6H3. The number of hydrogen-bond acceptors (Lipinski definition) is 1. The number of ether oxygens (including phenoxy) is 1. The second kappa shape index (κ2) is 8.22. The van der Waals surface area contributed by atoms with Gasteiger partial charge >= 0.3 is 0 Å². The Morgan fingerprint density at radius 3 is 1.26 bits per heavy atom. The lowest BCUT2D eigenvalue weighted by Crippen LogP contribution is -2.63. The van der Waals surface area contributed by atoms with Crippen LogP contribution in [0.2, 0.25) is 39.3 Å². The minimum atomic E-state index is -1.94. The molecule has 0 saturated heterocycles. The normalized spacial score (nSPS) is 14.6. The van der Waals surface area contributed by atoms with Gasteiger partial charge in [0.15, 0.2) is 0 Å². The molecule has 4 heteroatoms. The molecule has 0 N–H and O–H groups in total. The summed E-state index contributed by atoms with van der Waals surface area (Å²) in [5.74, 6) is 2.30. The molecule has 0 fully saturated rings. The summed E-state index contributed by atoms with van der Waals surface area (Å²) in [7, 11) is -5.81. The van der Waals surface area contributed by atoms with Crippen molar-refractivity contribution in [1.82, 2.24) is 0 Å². The van der Waals surface area contributed by atoms with E-state index in [1.54, 1.807) is 0 Å². The fraction of sp³-hybridized carbons (Fsp3) is 0.200. The summed E-state index contributed by atoms with van der Waals surface area (Å²) in [6.07, 6.45) is 0. The number of rotatable bonds is 4. The molecule has 0 unspecified atom stereocenters. The summed E-state index contributed by atoms with van der Waals surface area (Å²) in [6.45, 7) is 14.8. The summed E-state index contributed by atoms with van der Waals surface area (Å²) in [4.78, 5) is 0. The third kappa shape index (κ3) is 3.56. The van der Waals surface area contributed by atoms with Crippen LogP contribution in [0.3, 0.4) is 0 Å². The number of benzene rings is 4. The van der Waals surface area contributed by atoms with Gasteiger partial charge in [-0.3, -0.25) is 0 Å². The summed E-state index contributed by atoms with van der Waals surface area (Å²) in [6, 6.07) is 35.9. The van der Waals surface area contributed by atoms with E-state index in [4.69, 9.17) is 4.74 Å². The van der Waals surface area contributed by atoms with E-state index in [9.17, 15) is 0 Å². The predicted octanol–water partition coefficient (Wildman–Crippen LogP) is 4.26. The van der Waals surface area contributed by atoms with Crippen LogP contribution in [-0.4, -0.2) is 24.2 Å². The van der Waals surface area contributed by atoms with Crippen molar-refractivity contribution in [2.45, 2.75) is 39.3 Å². The molecule has 5 rings (SSSR count). The first-order valence-electron chi connectivity index (χ1n) is 12.2. The second-order valence-corrected chi connectivity index (χ2v) is 24.1. The Morgan fingerprint density at radius 1 is 0.500 bits per heavy atom. The Balaban J connectivity index is 1.72. The molecule has 0 amide bonds. The highest BCUT2D eigenvalue weighted by atomic mass is 28.3. The Morgan fingerprint density at radius 2 is 0.882 bits per heavy atom. The average molecular weight is 495 g/mol. The van der Waals surface area contributed by atoms with Gasteiger partial charge in [0, 0.05) is 0 Å². The molecule has 0 aliphatic carbocycles. The molecule has 0 saturated carbocycles. The van der Waals surface area contributed by atoms with Crippen LogP contribution in [0.1, 0.15) is 0 Å². The van der Waals surface area contributed by atoms with Gasteiger partial charge in [0.05, 0.1) is 0 Å². The van der Waals surface area contributed by atoms with Crippen molar-refractivity contribution in [3.63, 3.8) is 0 Å². The Labute approximate surface area is 207 Å². The summed E-state index contributed by atoms with van der Waals surface area (Å²) in [5.41, 5.74) is 0. The summed E-state index contributed by atoms with van der Waals surface area (Å²) < 4.78 is 7.10. The highest BCUT2D eigenvalue weighted by Crippen LogP contribution is 2.30. The molecule has 1 nitrogen and oxygen atoms in total. The molecule has 4 aromatic rings. The highest BCUT2D eigenvalue weighted by Gasteiger charge is 2.43. The molecule has 1 aliphatic rings. The maximum Gasteiger partial charge on any atom is 0.126 e. The predicted molar refractivity (Wildman–Crippen MR) is 156 cm³/mol. The zero-order valence-electron chi connectivity index (χ0n) is 21.1. The van der Waals surface area contributed by atoms with Crippen LogP contribution >= 0.6 is 0 Å². The van der Waals surface area contributed by atoms with Gasteiger partial charge in [0.2, 0.25) is 0 Å². The van der Waals surface area contributed by atoms with Crippen LogP contribution in [0.15, 0.2) is 97.1 Å². The van der Waals surface area contributed by atoms with Crippen LogP contribution in [0.5, 0.6) is 11.5 Å². The minimum Gasteiger partial charge on any atom is -0.458 e.